The van der Waals surface area contributed by atoms with E-state index in [0.717, 1.165) is 13.1 Å². The first-order valence-corrected chi connectivity index (χ1v) is 7.93. The van der Waals surface area contributed by atoms with E-state index in [1.165, 1.54) is 11.3 Å². The van der Waals surface area contributed by atoms with E-state index in [1.807, 2.05) is 30.3 Å². The summed E-state index contributed by atoms with van der Waals surface area (Å²) in [6.45, 7) is -0.140. The van der Waals surface area contributed by atoms with Crippen LogP contribution in [0.2, 0.25) is 0 Å². The van der Waals surface area contributed by atoms with Gasteiger partial charge in [-0.3, -0.25) is 4.79 Å². The largest absolute Gasteiger partial charge is 0.394 e. The van der Waals surface area contributed by atoms with E-state index in [0.29, 0.717) is 5.56 Å². The van der Waals surface area contributed by atoms with Gasteiger partial charge in [-0.25, -0.2) is 0 Å². The van der Waals surface area contributed by atoms with Crippen molar-refractivity contribution in [3.63, 3.8) is 0 Å². The molecule has 2 rings (SSSR count). The van der Waals surface area contributed by atoms with Gasteiger partial charge in [0.1, 0.15) is 0 Å². The van der Waals surface area contributed by atoms with E-state index < -0.39 is 6.04 Å². The minimum atomic E-state index is -0.403. The maximum Gasteiger partial charge on any atom is 0.253 e. The number of amides is 1. The average molecular weight is 405 g/mol. The van der Waals surface area contributed by atoms with Crippen molar-refractivity contribution in [1.82, 2.24) is 5.32 Å². The Morgan fingerprint density at radius 1 is 1.32 bits per heavy atom. The fourth-order valence-electron chi connectivity index (χ4n) is 1.65. The maximum absolute atomic E-state index is 12.2. The van der Waals surface area contributed by atoms with Crippen LogP contribution in [0.5, 0.6) is 0 Å². The summed E-state index contributed by atoms with van der Waals surface area (Å²) >= 11 is 8.13. The zero-order valence-corrected chi connectivity index (χ0v) is 13.8. The number of carbonyl (C=O) groups excluding carboxylic acids is 1. The van der Waals surface area contributed by atoms with Crippen molar-refractivity contribution in [2.24, 2.45) is 0 Å². The number of hydrogen-bond donors (Lipinski definition) is 2. The third kappa shape index (κ3) is 3.66. The maximum atomic E-state index is 12.2. The van der Waals surface area contributed by atoms with Crippen LogP contribution in [0.15, 0.2) is 44.0 Å². The Bertz CT molecular complexity index is 571. The van der Waals surface area contributed by atoms with Gasteiger partial charge < -0.3 is 10.4 Å². The number of benzene rings is 1. The molecule has 100 valence electrons. The fraction of sp³-hybridized carbons (Fsp3) is 0.154. The molecular formula is C13H11Br2NO2S. The van der Waals surface area contributed by atoms with Gasteiger partial charge in [-0.15, -0.1) is 11.3 Å². The molecule has 0 saturated carbocycles. The van der Waals surface area contributed by atoms with Crippen molar-refractivity contribution < 1.29 is 9.90 Å². The molecule has 1 aromatic heterocycles. The zero-order valence-electron chi connectivity index (χ0n) is 9.77. The first-order valence-electron chi connectivity index (χ1n) is 5.53. The van der Waals surface area contributed by atoms with E-state index >= 15 is 0 Å². The second kappa shape index (κ2) is 6.65. The molecule has 1 amide bonds. The summed E-state index contributed by atoms with van der Waals surface area (Å²) in [6, 6.07) is 10.7. The van der Waals surface area contributed by atoms with Crippen molar-refractivity contribution in [3.05, 3.63) is 55.1 Å². The predicted octanol–water partition coefficient (Wildman–Crippen LogP) is 3.74. The average Bonchev–Trinajstić information content (AvgIpc) is 2.76. The Kier molecular flexibility index (Phi) is 5.15. The van der Waals surface area contributed by atoms with Crippen LogP contribution in [0, 0.1) is 0 Å². The predicted molar refractivity (Wildman–Crippen MR) is 83.5 cm³/mol. The molecule has 0 spiro atoms. The van der Waals surface area contributed by atoms with Crippen molar-refractivity contribution in [2.75, 3.05) is 6.61 Å². The van der Waals surface area contributed by atoms with Crippen LogP contribution in [0.4, 0.5) is 0 Å². The molecule has 0 aliphatic heterocycles. The molecule has 2 N–H and O–H groups in total. The molecule has 0 bridgehead atoms. The molecule has 0 aliphatic rings. The number of rotatable bonds is 4. The summed E-state index contributed by atoms with van der Waals surface area (Å²) in [5.74, 6) is -0.211. The third-order valence-corrected chi connectivity index (χ3v) is 4.93. The Morgan fingerprint density at radius 2 is 2.00 bits per heavy atom. The van der Waals surface area contributed by atoms with Crippen LogP contribution in [-0.2, 0) is 0 Å². The molecule has 6 heteroatoms. The number of halogens is 2. The normalized spacial score (nSPS) is 12.2. The lowest BCUT2D eigenvalue weighted by molar-refractivity contribution is 0.0916. The molecule has 2 aromatic rings. The molecule has 1 atom stereocenters. The Hall–Kier alpha value is -0.690. The van der Waals surface area contributed by atoms with E-state index in [4.69, 9.17) is 0 Å². The van der Waals surface area contributed by atoms with Crippen molar-refractivity contribution in [3.8, 4) is 0 Å². The fourth-order valence-corrected chi connectivity index (χ4v) is 4.44. The van der Waals surface area contributed by atoms with Gasteiger partial charge in [0.2, 0.25) is 0 Å². The number of aliphatic hydroxyl groups excluding tert-OH is 1. The molecule has 0 aliphatic carbocycles. The lowest BCUT2D eigenvalue weighted by atomic mass is 10.1. The van der Waals surface area contributed by atoms with Gasteiger partial charge in [0.25, 0.3) is 5.91 Å². The van der Waals surface area contributed by atoms with Gasteiger partial charge in [-0.1, -0.05) is 30.3 Å². The second-order valence-corrected chi connectivity index (χ2v) is 7.61. The lowest BCUT2D eigenvalue weighted by Crippen LogP contribution is -2.30. The summed E-state index contributed by atoms with van der Waals surface area (Å²) in [6.07, 6.45) is 0. The van der Waals surface area contributed by atoms with Crippen molar-refractivity contribution >= 4 is 49.1 Å². The summed E-state index contributed by atoms with van der Waals surface area (Å²) in [4.78, 5) is 12.2. The first-order chi connectivity index (χ1) is 9.11. The summed E-state index contributed by atoms with van der Waals surface area (Å²) in [5, 5.41) is 12.2. The highest BCUT2D eigenvalue weighted by Gasteiger charge is 2.18. The van der Waals surface area contributed by atoms with Crippen LogP contribution in [0.3, 0.4) is 0 Å². The SMILES string of the molecule is O=C(N[C@H](CO)c1ccccc1)c1cc(Br)sc1Br. The molecule has 19 heavy (non-hydrogen) atoms. The molecule has 0 fully saturated rings. The minimum Gasteiger partial charge on any atom is -0.394 e. The number of nitrogens with one attached hydrogen (secondary N) is 1. The first kappa shape index (κ1) is 14.7. The number of aliphatic hydroxyl groups is 1. The third-order valence-electron chi connectivity index (χ3n) is 2.59. The van der Waals surface area contributed by atoms with Crippen molar-refractivity contribution in [1.29, 1.82) is 0 Å². The Balaban J connectivity index is 2.15. The summed E-state index contributed by atoms with van der Waals surface area (Å²) in [5.41, 5.74) is 1.44. The van der Waals surface area contributed by atoms with E-state index in [-0.39, 0.29) is 12.5 Å². The number of thiophene rings is 1. The lowest BCUT2D eigenvalue weighted by Gasteiger charge is -2.16. The monoisotopic (exact) mass is 403 g/mol. The summed E-state index contributed by atoms with van der Waals surface area (Å²) in [7, 11) is 0. The van der Waals surface area contributed by atoms with Crippen LogP contribution in [0.1, 0.15) is 22.0 Å². The molecule has 0 saturated heterocycles. The summed E-state index contributed by atoms with van der Waals surface area (Å²) < 4.78 is 1.64. The highest BCUT2D eigenvalue weighted by Crippen LogP contribution is 2.32. The van der Waals surface area contributed by atoms with E-state index in [2.05, 4.69) is 37.2 Å². The standard InChI is InChI=1S/C13H11Br2NO2S/c14-11-6-9(12(15)19-11)13(18)16-10(7-17)8-4-2-1-3-5-8/h1-6,10,17H,7H2,(H,16,18)/t10-/m1/s1. The molecule has 1 aromatic carbocycles. The van der Waals surface area contributed by atoms with Gasteiger partial charge in [0.05, 0.1) is 25.8 Å². The van der Waals surface area contributed by atoms with E-state index in [1.54, 1.807) is 6.07 Å². The molecule has 3 nitrogen and oxygen atoms in total. The highest BCUT2D eigenvalue weighted by atomic mass is 79.9. The molecular weight excluding hydrogens is 394 g/mol. The molecule has 0 unspecified atom stereocenters. The van der Waals surface area contributed by atoms with E-state index in [9.17, 15) is 9.90 Å². The van der Waals surface area contributed by atoms with Crippen LogP contribution in [-0.4, -0.2) is 17.6 Å². The zero-order chi connectivity index (χ0) is 13.8. The highest BCUT2D eigenvalue weighted by molar-refractivity contribution is 9.12. The topological polar surface area (TPSA) is 49.3 Å². The van der Waals surface area contributed by atoms with Gasteiger partial charge in [-0.05, 0) is 43.5 Å². The Labute approximate surface area is 131 Å². The van der Waals surface area contributed by atoms with Gasteiger partial charge in [0.15, 0.2) is 0 Å². The van der Waals surface area contributed by atoms with Crippen LogP contribution >= 0.6 is 43.2 Å². The van der Waals surface area contributed by atoms with Crippen molar-refractivity contribution in [2.45, 2.75) is 6.04 Å². The van der Waals surface area contributed by atoms with Crippen LogP contribution in [0.25, 0.3) is 0 Å². The molecule has 0 radical (unpaired) electrons. The van der Waals surface area contributed by atoms with Crippen LogP contribution < -0.4 is 5.32 Å². The molecule has 1 heterocycles. The number of hydrogen-bond acceptors (Lipinski definition) is 3. The minimum absolute atomic E-state index is 0.140. The second-order valence-electron chi connectivity index (χ2n) is 3.86. The smallest absolute Gasteiger partial charge is 0.253 e. The van der Waals surface area contributed by atoms with Gasteiger partial charge in [-0.2, -0.15) is 0 Å². The number of carbonyl (C=O) groups is 1. The van der Waals surface area contributed by atoms with Gasteiger partial charge >= 0.3 is 0 Å². The van der Waals surface area contributed by atoms with Gasteiger partial charge in [0, 0.05) is 0 Å². The quantitative estimate of drug-likeness (QED) is 0.815. The Morgan fingerprint density at radius 3 is 2.53 bits per heavy atom.